The van der Waals surface area contributed by atoms with Gasteiger partial charge < -0.3 is 14.8 Å². The molecule has 1 N–H and O–H groups in total. The molecule has 209 valence electrons. The van der Waals surface area contributed by atoms with E-state index in [-0.39, 0.29) is 37.1 Å². The second kappa shape index (κ2) is 12.3. The van der Waals surface area contributed by atoms with E-state index in [0.717, 1.165) is 45.0 Å². The number of aryl methyl sites for hydroxylation is 1. The SMILES string of the molecule is CC(C)(C)C(=O)C=C(O)C(C)(C)C.Cc1ccc(-c2cnc3c(c2)-c2ccccc2Oc2ccc[c-]c2-3)cc1.[Ir]. The molecule has 0 fully saturated rings. The van der Waals surface area contributed by atoms with E-state index in [1.165, 1.54) is 11.6 Å². The van der Waals surface area contributed by atoms with Crippen LogP contribution < -0.4 is 4.74 Å². The number of pyridine rings is 1. The molecule has 5 heteroatoms. The van der Waals surface area contributed by atoms with Gasteiger partial charge in [0.05, 0.1) is 0 Å². The molecule has 0 spiro atoms. The minimum absolute atomic E-state index is 0. The molecule has 0 saturated carbocycles. The molecule has 5 rings (SSSR count). The Balaban J connectivity index is 0.000000272. The largest absolute Gasteiger partial charge is 0.512 e. The van der Waals surface area contributed by atoms with Crippen LogP contribution in [0.2, 0.25) is 0 Å². The Hall–Kier alpha value is -3.53. The van der Waals surface area contributed by atoms with Crippen LogP contribution >= 0.6 is 0 Å². The van der Waals surface area contributed by atoms with Crippen molar-refractivity contribution in [3.05, 3.63) is 102 Å². The molecule has 2 heterocycles. The molecule has 1 aromatic heterocycles. The molecule has 4 aromatic rings. The molecule has 0 atom stereocenters. The monoisotopic (exact) mass is 711 g/mol. The van der Waals surface area contributed by atoms with E-state index in [1.54, 1.807) is 0 Å². The molecule has 0 bridgehead atoms. The smallest absolute Gasteiger partial charge is 0.164 e. The molecule has 0 unspecified atom stereocenters. The van der Waals surface area contributed by atoms with Gasteiger partial charge in [-0.05, 0) is 35.4 Å². The molecule has 0 aliphatic carbocycles. The summed E-state index contributed by atoms with van der Waals surface area (Å²) < 4.78 is 6.17. The summed E-state index contributed by atoms with van der Waals surface area (Å²) in [5, 5.41) is 9.56. The zero-order chi connectivity index (χ0) is 28.4. The normalized spacial score (nSPS) is 12.2. The van der Waals surface area contributed by atoms with Gasteiger partial charge in [0.1, 0.15) is 11.5 Å². The average Bonchev–Trinajstić information content (AvgIpc) is 3.02. The second-order valence-corrected chi connectivity index (χ2v) is 11.9. The number of allylic oxidation sites excluding steroid dienone is 2. The fraction of sp³-hybridized carbons (Fsp3) is 0.257. The van der Waals surface area contributed by atoms with Gasteiger partial charge in [0.2, 0.25) is 0 Å². The van der Waals surface area contributed by atoms with Gasteiger partial charge in [-0.1, -0.05) is 101 Å². The van der Waals surface area contributed by atoms with Crippen molar-refractivity contribution >= 4 is 5.78 Å². The number of ketones is 1. The minimum Gasteiger partial charge on any atom is -0.512 e. The van der Waals surface area contributed by atoms with Crippen LogP contribution in [0.25, 0.3) is 33.5 Å². The number of hydrogen-bond donors (Lipinski definition) is 1. The molecule has 1 aliphatic heterocycles. The van der Waals surface area contributed by atoms with Gasteiger partial charge >= 0.3 is 0 Å². The Morgan fingerprint density at radius 1 is 0.850 bits per heavy atom. The molecular weight excluding hydrogens is 675 g/mol. The maximum Gasteiger partial charge on any atom is 0.164 e. The third kappa shape index (κ3) is 7.15. The van der Waals surface area contributed by atoms with E-state index in [0.29, 0.717) is 0 Å². The van der Waals surface area contributed by atoms with Crippen LogP contribution in [0.5, 0.6) is 11.5 Å². The zero-order valence-corrected chi connectivity index (χ0v) is 26.5. The number of para-hydroxylation sites is 1. The summed E-state index contributed by atoms with van der Waals surface area (Å²) in [4.78, 5) is 16.3. The third-order valence-electron chi connectivity index (χ3n) is 6.50. The van der Waals surface area contributed by atoms with Gasteiger partial charge in [-0.15, -0.1) is 24.3 Å². The van der Waals surface area contributed by atoms with Crippen LogP contribution in [0.15, 0.2) is 90.8 Å². The number of rotatable bonds is 2. The van der Waals surface area contributed by atoms with Crippen LogP contribution in [-0.2, 0) is 24.9 Å². The number of aromatic nitrogens is 1. The van der Waals surface area contributed by atoms with Crippen molar-refractivity contribution in [2.45, 2.75) is 48.5 Å². The minimum atomic E-state index is -0.417. The first-order chi connectivity index (χ1) is 18.3. The Morgan fingerprint density at radius 2 is 1.50 bits per heavy atom. The number of fused-ring (bicyclic) bond motifs is 5. The second-order valence-electron chi connectivity index (χ2n) is 11.9. The number of nitrogens with zero attached hydrogens (tertiary/aromatic N) is 1. The Kier molecular flexibility index (Phi) is 9.55. The molecule has 4 nitrogen and oxygen atoms in total. The average molecular weight is 711 g/mol. The van der Waals surface area contributed by atoms with Crippen molar-refractivity contribution in [3.8, 4) is 45.0 Å². The summed E-state index contributed by atoms with van der Waals surface area (Å²) >= 11 is 0. The standard InChI is InChI=1S/C24H16NO.C11H20O2.Ir/c1-16-10-12-17(13-11-16)18-14-21-19-6-2-4-8-22(19)26-23-9-5-3-7-20(23)24(21)25-15-18;1-10(2,3)8(12)7-9(13)11(4,5)6;/h2-6,8-15H,1H3;7,12H,1-6H3;/q-1;;. The molecular formula is C35H36IrNO3-. The number of benzene rings is 3. The van der Waals surface area contributed by atoms with Gasteiger partial charge in [0.25, 0.3) is 0 Å². The van der Waals surface area contributed by atoms with Gasteiger partial charge in [-0.2, -0.15) is 0 Å². The fourth-order valence-corrected chi connectivity index (χ4v) is 3.92. The van der Waals surface area contributed by atoms with Gasteiger partial charge in [-0.25, -0.2) is 0 Å². The van der Waals surface area contributed by atoms with Gasteiger partial charge in [-0.3, -0.25) is 4.79 Å². The maximum atomic E-state index is 11.5. The maximum absolute atomic E-state index is 11.5. The van der Waals surface area contributed by atoms with Crippen molar-refractivity contribution in [1.82, 2.24) is 4.98 Å². The quantitative estimate of drug-likeness (QED) is 0.113. The Morgan fingerprint density at radius 3 is 2.15 bits per heavy atom. The molecule has 0 amide bonds. The van der Waals surface area contributed by atoms with Crippen LogP contribution in [0.3, 0.4) is 0 Å². The van der Waals surface area contributed by atoms with Crippen LogP contribution in [0, 0.1) is 23.8 Å². The molecule has 3 aromatic carbocycles. The summed E-state index contributed by atoms with van der Waals surface area (Å²) in [6.45, 7) is 13.2. The summed E-state index contributed by atoms with van der Waals surface area (Å²) in [5.41, 5.74) is 6.66. The number of hydrogen-bond acceptors (Lipinski definition) is 4. The molecule has 1 radical (unpaired) electrons. The third-order valence-corrected chi connectivity index (χ3v) is 6.50. The number of carbonyl (C=O) groups is 1. The van der Waals surface area contributed by atoms with Crippen LogP contribution in [0.4, 0.5) is 0 Å². The number of aliphatic hydroxyl groups excluding tert-OH is 1. The summed E-state index contributed by atoms with van der Waals surface area (Å²) in [6, 6.07) is 27.9. The van der Waals surface area contributed by atoms with Gasteiger partial charge in [0, 0.05) is 54.5 Å². The van der Waals surface area contributed by atoms with E-state index < -0.39 is 5.41 Å². The van der Waals surface area contributed by atoms with Crippen molar-refractivity contribution in [2.75, 3.05) is 0 Å². The van der Waals surface area contributed by atoms with E-state index >= 15 is 0 Å². The van der Waals surface area contributed by atoms with E-state index in [9.17, 15) is 9.90 Å². The predicted octanol–water partition coefficient (Wildman–Crippen LogP) is 9.38. The van der Waals surface area contributed by atoms with Crippen LogP contribution in [0.1, 0.15) is 47.1 Å². The van der Waals surface area contributed by atoms with Crippen molar-refractivity contribution in [3.63, 3.8) is 0 Å². The van der Waals surface area contributed by atoms with Gasteiger partial charge in [0.15, 0.2) is 5.78 Å². The van der Waals surface area contributed by atoms with Crippen LogP contribution in [-0.4, -0.2) is 15.9 Å². The summed E-state index contributed by atoms with van der Waals surface area (Å²) in [6.07, 6.45) is 3.27. The number of ether oxygens (including phenoxy) is 1. The first-order valence-corrected chi connectivity index (χ1v) is 13.2. The van der Waals surface area contributed by atoms with Crippen molar-refractivity contribution < 1.29 is 34.7 Å². The van der Waals surface area contributed by atoms with E-state index in [1.807, 2.05) is 84.1 Å². The topological polar surface area (TPSA) is 59.4 Å². The predicted molar refractivity (Wildman–Crippen MR) is 159 cm³/mol. The summed E-state index contributed by atoms with van der Waals surface area (Å²) in [7, 11) is 0. The Labute approximate surface area is 251 Å². The van der Waals surface area contributed by atoms with Crippen molar-refractivity contribution in [1.29, 1.82) is 0 Å². The Bertz CT molecular complexity index is 1520. The number of aliphatic hydroxyl groups is 1. The fourth-order valence-electron chi connectivity index (χ4n) is 3.92. The number of carbonyl (C=O) groups excluding carboxylic acids is 1. The zero-order valence-electron chi connectivity index (χ0n) is 24.1. The summed E-state index contributed by atoms with van der Waals surface area (Å²) in [5.74, 6) is 1.73. The molecule has 1 aliphatic rings. The van der Waals surface area contributed by atoms with Crippen molar-refractivity contribution in [2.24, 2.45) is 10.8 Å². The first-order valence-electron chi connectivity index (χ1n) is 13.2. The van der Waals surface area contributed by atoms with E-state index in [4.69, 9.17) is 9.72 Å². The molecule has 40 heavy (non-hydrogen) atoms. The molecule has 0 saturated heterocycles. The first kappa shape index (κ1) is 31.0. The van der Waals surface area contributed by atoms with E-state index in [2.05, 4.69) is 49.4 Å².